The summed E-state index contributed by atoms with van der Waals surface area (Å²) >= 11 is 0. The zero-order chi connectivity index (χ0) is 21.5. The molecule has 30 heavy (non-hydrogen) atoms. The second-order valence-corrected chi connectivity index (χ2v) is 10.8. The molecular formula is C25H36N2O3. The largest absolute Gasteiger partial charge is 0.493 e. The zero-order valence-corrected chi connectivity index (χ0v) is 18.9. The van der Waals surface area contributed by atoms with Gasteiger partial charge in [0.05, 0.1) is 13.2 Å². The molecule has 3 aliphatic rings. The van der Waals surface area contributed by atoms with Gasteiger partial charge < -0.3 is 19.4 Å². The highest BCUT2D eigenvalue weighted by molar-refractivity contribution is 5.50. The fraction of sp³-hybridized carbons (Fsp3) is 0.720. The molecule has 3 atom stereocenters. The summed E-state index contributed by atoms with van der Waals surface area (Å²) in [7, 11) is 1.68. The third-order valence-corrected chi connectivity index (χ3v) is 7.26. The van der Waals surface area contributed by atoms with Gasteiger partial charge >= 0.3 is 0 Å². The van der Waals surface area contributed by atoms with Gasteiger partial charge in [0.1, 0.15) is 0 Å². The number of aliphatic hydroxyl groups is 1. The summed E-state index contributed by atoms with van der Waals surface area (Å²) in [5.41, 5.74) is 2.44. The molecule has 2 aliphatic heterocycles. The van der Waals surface area contributed by atoms with Crippen LogP contribution in [0.1, 0.15) is 70.0 Å². The van der Waals surface area contributed by atoms with Gasteiger partial charge in [-0.3, -0.25) is 4.90 Å². The topological polar surface area (TPSA) is 46.3 Å². The van der Waals surface area contributed by atoms with E-state index >= 15 is 0 Å². The first kappa shape index (κ1) is 21.5. The number of rotatable bonds is 5. The molecule has 5 heteroatoms. The molecule has 1 aliphatic carbocycles. The molecular weight excluding hydrogens is 376 g/mol. The van der Waals surface area contributed by atoms with E-state index in [9.17, 15) is 5.11 Å². The van der Waals surface area contributed by atoms with Gasteiger partial charge in [0.25, 0.3) is 5.54 Å². The Bertz CT molecular complexity index is 819. The Hall–Kier alpha value is -1.77. The summed E-state index contributed by atoms with van der Waals surface area (Å²) in [6.45, 7) is 16.7. The Kier molecular flexibility index (Phi) is 5.76. The SMILES string of the molecule is [C-]#[N+]C1(COc2cc3c(cc2OC)[C@H]2C[C@@H](O)[C@H](CC(C)(C)C)CN2CC3)CCC1. The minimum absolute atomic E-state index is 0.227. The first-order valence-corrected chi connectivity index (χ1v) is 11.4. The fourth-order valence-corrected chi connectivity index (χ4v) is 5.44. The summed E-state index contributed by atoms with van der Waals surface area (Å²) in [6, 6.07) is 4.48. The van der Waals surface area contributed by atoms with Crippen molar-refractivity contribution in [2.24, 2.45) is 11.3 Å². The molecule has 0 unspecified atom stereocenters. The highest BCUT2D eigenvalue weighted by Gasteiger charge is 2.45. The Balaban J connectivity index is 1.53. The maximum absolute atomic E-state index is 10.9. The van der Waals surface area contributed by atoms with E-state index in [1.54, 1.807) is 7.11 Å². The van der Waals surface area contributed by atoms with Gasteiger partial charge in [0.2, 0.25) is 0 Å². The average Bonchev–Trinajstić information content (AvgIpc) is 2.66. The van der Waals surface area contributed by atoms with Crippen molar-refractivity contribution < 1.29 is 14.6 Å². The van der Waals surface area contributed by atoms with Crippen molar-refractivity contribution in [2.75, 3.05) is 26.8 Å². The van der Waals surface area contributed by atoms with Gasteiger partial charge in [-0.2, -0.15) is 0 Å². The van der Waals surface area contributed by atoms with Crippen molar-refractivity contribution >= 4 is 0 Å². The molecule has 0 bridgehead atoms. The number of piperidine rings is 1. The van der Waals surface area contributed by atoms with Crippen LogP contribution in [0.3, 0.4) is 0 Å². The first-order valence-electron chi connectivity index (χ1n) is 11.4. The Morgan fingerprint density at radius 1 is 1.27 bits per heavy atom. The molecule has 1 saturated carbocycles. The average molecular weight is 413 g/mol. The molecule has 1 N–H and O–H groups in total. The van der Waals surface area contributed by atoms with Gasteiger partial charge in [-0.1, -0.05) is 20.8 Å². The van der Waals surface area contributed by atoms with Crippen LogP contribution in [0.15, 0.2) is 12.1 Å². The highest BCUT2D eigenvalue weighted by Crippen LogP contribution is 2.45. The molecule has 0 radical (unpaired) electrons. The van der Waals surface area contributed by atoms with Crippen LogP contribution in [0, 0.1) is 17.9 Å². The summed E-state index contributed by atoms with van der Waals surface area (Å²) in [5.74, 6) is 1.82. The third kappa shape index (κ3) is 4.18. The maximum atomic E-state index is 10.9. The second-order valence-electron chi connectivity index (χ2n) is 10.8. The minimum atomic E-state index is -0.340. The van der Waals surface area contributed by atoms with Crippen LogP contribution < -0.4 is 9.47 Å². The molecule has 2 fully saturated rings. The van der Waals surface area contributed by atoms with Crippen molar-refractivity contribution in [3.8, 4) is 11.5 Å². The predicted molar refractivity (Wildman–Crippen MR) is 118 cm³/mol. The van der Waals surface area contributed by atoms with E-state index in [4.69, 9.17) is 16.0 Å². The number of hydrogen-bond acceptors (Lipinski definition) is 4. The van der Waals surface area contributed by atoms with Crippen LogP contribution in [0.4, 0.5) is 0 Å². The standard InChI is InChI=1S/C25H36N2O3/c1-24(2,3)14-18-15-27-10-7-17-11-23(30-16-25(26-4)8-6-9-25)22(29-5)12-19(17)20(27)13-21(18)28/h11-12,18,20-21,28H,6-10,13-16H2,1-3,5H3/t18-,20-,21-/m1/s1. The molecule has 4 rings (SSSR count). The van der Waals surface area contributed by atoms with Gasteiger partial charge in [0.15, 0.2) is 18.1 Å². The summed E-state index contributed by atoms with van der Waals surface area (Å²) in [4.78, 5) is 6.38. The fourth-order valence-electron chi connectivity index (χ4n) is 5.44. The summed E-state index contributed by atoms with van der Waals surface area (Å²) in [6.07, 6.45) is 5.50. The van der Waals surface area contributed by atoms with E-state index < -0.39 is 0 Å². The lowest BCUT2D eigenvalue weighted by Crippen LogP contribution is -2.48. The van der Waals surface area contributed by atoms with Gasteiger partial charge in [-0.15, -0.1) is 0 Å². The van der Waals surface area contributed by atoms with Crippen LogP contribution in [-0.4, -0.2) is 48.5 Å². The molecule has 0 spiro atoms. The van der Waals surface area contributed by atoms with Crippen LogP contribution in [-0.2, 0) is 6.42 Å². The number of ether oxygens (including phenoxy) is 2. The normalized spacial score (nSPS) is 27.9. The second kappa shape index (κ2) is 8.05. The van der Waals surface area contributed by atoms with Crippen LogP contribution >= 0.6 is 0 Å². The van der Waals surface area contributed by atoms with Crippen molar-refractivity contribution in [1.82, 2.24) is 4.90 Å². The van der Waals surface area contributed by atoms with E-state index in [-0.39, 0.29) is 23.1 Å². The number of fused-ring (bicyclic) bond motifs is 3. The molecule has 0 aromatic heterocycles. The van der Waals surface area contributed by atoms with Crippen LogP contribution in [0.25, 0.3) is 4.85 Å². The molecule has 5 nitrogen and oxygen atoms in total. The first-order chi connectivity index (χ1) is 14.2. The Labute approximate surface area is 181 Å². The number of benzene rings is 1. The minimum Gasteiger partial charge on any atom is -0.493 e. The number of methoxy groups -OCH3 is 1. The van der Waals surface area contributed by atoms with Crippen LogP contribution in [0.2, 0.25) is 0 Å². The lowest BCUT2D eigenvalue weighted by Gasteiger charge is -2.47. The highest BCUT2D eigenvalue weighted by atomic mass is 16.5. The van der Waals surface area contributed by atoms with Gasteiger partial charge in [0, 0.05) is 32.0 Å². The molecule has 1 aromatic carbocycles. The van der Waals surface area contributed by atoms with E-state index in [0.29, 0.717) is 12.5 Å². The quantitative estimate of drug-likeness (QED) is 0.716. The molecule has 1 aromatic rings. The summed E-state index contributed by atoms with van der Waals surface area (Å²) in [5, 5.41) is 10.9. The van der Waals surface area contributed by atoms with Gasteiger partial charge in [-0.25, -0.2) is 6.57 Å². The smallest absolute Gasteiger partial charge is 0.265 e. The predicted octanol–water partition coefficient (Wildman–Crippen LogP) is 4.63. The van der Waals surface area contributed by atoms with Crippen LogP contribution in [0.5, 0.6) is 11.5 Å². The van der Waals surface area contributed by atoms with Crippen molar-refractivity contribution in [2.45, 2.75) is 77.0 Å². The molecule has 0 amide bonds. The molecule has 2 heterocycles. The van der Waals surface area contributed by atoms with E-state index in [0.717, 1.165) is 63.1 Å². The maximum Gasteiger partial charge on any atom is 0.265 e. The lowest BCUT2D eigenvalue weighted by molar-refractivity contribution is -0.0259. The Morgan fingerprint density at radius 3 is 2.63 bits per heavy atom. The monoisotopic (exact) mass is 412 g/mol. The number of nitrogens with zero attached hydrogens (tertiary/aromatic N) is 2. The van der Waals surface area contributed by atoms with Crippen molar-refractivity contribution in [3.05, 3.63) is 34.7 Å². The number of aliphatic hydroxyl groups excluding tert-OH is 1. The molecule has 1 saturated heterocycles. The van der Waals surface area contributed by atoms with Crippen molar-refractivity contribution in [1.29, 1.82) is 0 Å². The van der Waals surface area contributed by atoms with E-state index in [1.807, 2.05) is 0 Å². The zero-order valence-electron chi connectivity index (χ0n) is 18.9. The molecule has 164 valence electrons. The third-order valence-electron chi connectivity index (χ3n) is 7.26. The summed E-state index contributed by atoms with van der Waals surface area (Å²) < 4.78 is 11.8. The van der Waals surface area contributed by atoms with Gasteiger partial charge in [-0.05, 0) is 60.3 Å². The lowest BCUT2D eigenvalue weighted by atomic mass is 9.75. The Morgan fingerprint density at radius 2 is 2.03 bits per heavy atom. The van der Waals surface area contributed by atoms with E-state index in [1.165, 1.54) is 11.1 Å². The van der Waals surface area contributed by atoms with Crippen molar-refractivity contribution in [3.63, 3.8) is 0 Å². The van der Waals surface area contributed by atoms with E-state index in [2.05, 4.69) is 42.6 Å². The number of hydrogen-bond donors (Lipinski definition) is 1.